The molecular weight excluding hydrogens is 585 g/mol. The molecule has 4 atom stereocenters. The minimum Gasteiger partial charge on any atom is -0.344 e. The lowest BCUT2D eigenvalue weighted by Gasteiger charge is -2.42. The molecule has 2 aromatic rings. The Morgan fingerprint density at radius 3 is 2.24 bits per heavy atom. The van der Waals surface area contributed by atoms with Gasteiger partial charge >= 0.3 is 0 Å². The maximum Gasteiger partial charge on any atom is 0.245 e. The van der Waals surface area contributed by atoms with Crippen LogP contribution in [0.2, 0.25) is 10.0 Å². The molecule has 2 heterocycles. The van der Waals surface area contributed by atoms with E-state index in [1.165, 1.54) is 19.1 Å². The summed E-state index contributed by atoms with van der Waals surface area (Å²) in [4.78, 5) is 45.2. The van der Waals surface area contributed by atoms with Crippen LogP contribution >= 0.6 is 23.2 Å². The van der Waals surface area contributed by atoms with Crippen LogP contribution in [0.4, 0.5) is 8.78 Å². The van der Waals surface area contributed by atoms with E-state index in [0.29, 0.717) is 30.2 Å². The van der Waals surface area contributed by atoms with Gasteiger partial charge in [-0.15, -0.1) is 0 Å². The topological polar surface area (TPSA) is 73.0 Å². The summed E-state index contributed by atoms with van der Waals surface area (Å²) >= 11 is 12.1. The molecule has 0 bridgehead atoms. The van der Waals surface area contributed by atoms with Crippen molar-refractivity contribution >= 4 is 40.9 Å². The summed E-state index contributed by atoms with van der Waals surface area (Å²) in [6.07, 6.45) is 0.242. The summed E-state index contributed by atoms with van der Waals surface area (Å²) in [7, 11) is 0. The van der Waals surface area contributed by atoms with Gasteiger partial charge in [0.25, 0.3) is 0 Å². The van der Waals surface area contributed by atoms with Crippen molar-refractivity contribution in [2.24, 2.45) is 5.92 Å². The molecule has 7 nitrogen and oxygen atoms in total. The fourth-order valence-electron chi connectivity index (χ4n) is 5.98. The Bertz CT molecular complexity index is 1330. The third kappa shape index (κ3) is 7.06. The largest absolute Gasteiger partial charge is 0.344 e. The number of carbonyl (C=O) groups excluding carboxylic acids is 3. The Kier molecular flexibility index (Phi) is 9.85. The van der Waals surface area contributed by atoms with Gasteiger partial charge in [-0.3, -0.25) is 19.3 Å². The van der Waals surface area contributed by atoms with Gasteiger partial charge in [-0.2, -0.15) is 0 Å². The Hall–Kier alpha value is -2.75. The minimum absolute atomic E-state index is 0.114. The van der Waals surface area contributed by atoms with E-state index in [9.17, 15) is 23.2 Å². The van der Waals surface area contributed by atoms with Gasteiger partial charge in [0.15, 0.2) is 0 Å². The molecule has 2 aliphatic rings. The van der Waals surface area contributed by atoms with Crippen LogP contribution in [0.1, 0.15) is 51.7 Å². The first kappa shape index (κ1) is 32.2. The van der Waals surface area contributed by atoms with E-state index in [0.717, 1.165) is 5.56 Å². The van der Waals surface area contributed by atoms with Crippen molar-refractivity contribution in [3.63, 3.8) is 0 Å². The summed E-state index contributed by atoms with van der Waals surface area (Å²) < 4.78 is 28.9. The summed E-state index contributed by atoms with van der Waals surface area (Å²) in [5.41, 5.74) is 0.894. The molecular formula is C31H38Cl2F2N4O3. The second kappa shape index (κ2) is 12.9. The molecule has 2 unspecified atom stereocenters. The summed E-state index contributed by atoms with van der Waals surface area (Å²) in [5.74, 6) is -3.33. The summed E-state index contributed by atoms with van der Waals surface area (Å²) in [6.45, 7) is 11.2. The van der Waals surface area contributed by atoms with Crippen LogP contribution in [0.15, 0.2) is 36.4 Å². The zero-order valence-corrected chi connectivity index (χ0v) is 26.1. The van der Waals surface area contributed by atoms with Crippen LogP contribution in [0.3, 0.4) is 0 Å². The predicted molar refractivity (Wildman–Crippen MR) is 159 cm³/mol. The second-order valence-corrected chi connectivity index (χ2v) is 13.1. The third-order valence-corrected chi connectivity index (χ3v) is 9.03. The molecule has 0 spiro atoms. The van der Waals surface area contributed by atoms with Crippen LogP contribution in [0, 0.1) is 17.6 Å². The van der Waals surface area contributed by atoms with Gasteiger partial charge in [-0.05, 0) is 57.0 Å². The zero-order valence-electron chi connectivity index (χ0n) is 24.6. The van der Waals surface area contributed by atoms with Crippen molar-refractivity contribution in [3.05, 3.63) is 69.2 Å². The number of piperazine rings is 1. The molecule has 2 saturated heterocycles. The van der Waals surface area contributed by atoms with Crippen LogP contribution in [-0.2, 0) is 20.8 Å². The number of halogens is 4. The van der Waals surface area contributed by atoms with Gasteiger partial charge in [0.05, 0.1) is 5.92 Å². The number of nitrogens with one attached hydrogen (secondary N) is 1. The van der Waals surface area contributed by atoms with E-state index in [2.05, 4.69) is 10.2 Å². The van der Waals surface area contributed by atoms with Crippen LogP contribution in [0.25, 0.3) is 0 Å². The highest BCUT2D eigenvalue weighted by atomic mass is 35.5. The molecule has 0 radical (unpaired) electrons. The SMILES string of the molecule is CC(=O)N[C@@H](Cc1ccccc1Cl)C(=O)N1CCN(C(=O)C2CN(C(C)(C)C)CC2c2cc(F)c(Cl)c(F)c2)[C@@H](C)C1. The fourth-order valence-corrected chi connectivity index (χ4v) is 6.30. The molecule has 0 saturated carbocycles. The molecule has 0 aliphatic carbocycles. The van der Waals surface area contributed by atoms with Gasteiger partial charge < -0.3 is 15.1 Å². The lowest BCUT2D eigenvalue weighted by atomic mass is 9.87. The third-order valence-electron chi connectivity index (χ3n) is 8.30. The van der Waals surface area contributed by atoms with Crippen LogP contribution in [0.5, 0.6) is 0 Å². The number of carbonyl (C=O) groups is 3. The van der Waals surface area contributed by atoms with Crippen molar-refractivity contribution in [1.29, 1.82) is 0 Å². The van der Waals surface area contributed by atoms with Crippen molar-refractivity contribution in [2.75, 3.05) is 32.7 Å². The van der Waals surface area contributed by atoms with Gasteiger partial charge in [-0.1, -0.05) is 41.4 Å². The van der Waals surface area contributed by atoms with E-state index >= 15 is 0 Å². The first-order valence-corrected chi connectivity index (χ1v) is 14.9. The van der Waals surface area contributed by atoms with E-state index in [1.807, 2.05) is 39.8 Å². The van der Waals surface area contributed by atoms with E-state index in [4.69, 9.17) is 23.2 Å². The van der Waals surface area contributed by atoms with Gasteiger partial charge in [0.1, 0.15) is 22.7 Å². The average molecular weight is 624 g/mol. The van der Waals surface area contributed by atoms with Crippen molar-refractivity contribution in [3.8, 4) is 0 Å². The molecule has 42 heavy (non-hydrogen) atoms. The number of benzene rings is 2. The highest BCUT2D eigenvalue weighted by Crippen LogP contribution is 2.39. The summed E-state index contributed by atoms with van der Waals surface area (Å²) in [6, 6.07) is 8.53. The Labute approximate surface area is 256 Å². The number of rotatable bonds is 6. The Balaban J connectivity index is 1.51. The quantitative estimate of drug-likeness (QED) is 0.466. The number of hydrogen-bond acceptors (Lipinski definition) is 4. The molecule has 228 valence electrons. The highest BCUT2D eigenvalue weighted by Gasteiger charge is 2.45. The zero-order chi connectivity index (χ0) is 30.9. The molecule has 3 amide bonds. The molecule has 2 aromatic carbocycles. The van der Waals surface area contributed by atoms with Gasteiger partial charge in [0.2, 0.25) is 17.7 Å². The van der Waals surface area contributed by atoms with Gasteiger partial charge in [0, 0.05) is 68.6 Å². The Morgan fingerprint density at radius 1 is 1.02 bits per heavy atom. The average Bonchev–Trinajstić information content (AvgIpc) is 3.38. The number of likely N-dealkylation sites (tertiary alicyclic amines) is 1. The standard InChI is InChI=1S/C31H38Cl2F2N4O3/c1-18-15-37(30(42)27(36-19(2)40)14-20-8-6-7-9-24(20)32)10-11-39(18)29(41)23-17-38(31(3,4)5)16-22(23)21-12-25(34)28(33)26(35)13-21/h6-9,12-13,18,22-23,27H,10-11,14-17H2,1-5H3,(H,36,40)/t18-,22?,23?,27-/m0/s1. The van der Waals surface area contributed by atoms with Crippen molar-refractivity contribution in [1.82, 2.24) is 20.0 Å². The summed E-state index contributed by atoms with van der Waals surface area (Å²) in [5, 5.41) is 2.71. The van der Waals surface area contributed by atoms with Crippen LogP contribution in [-0.4, -0.2) is 82.8 Å². The Morgan fingerprint density at radius 2 is 1.67 bits per heavy atom. The maximum atomic E-state index is 14.4. The molecule has 4 rings (SSSR count). The fraction of sp³-hybridized carbons (Fsp3) is 0.516. The molecule has 11 heteroatoms. The van der Waals surface area contributed by atoms with E-state index in [-0.39, 0.29) is 48.8 Å². The van der Waals surface area contributed by atoms with Crippen molar-refractivity contribution < 1.29 is 23.2 Å². The monoisotopic (exact) mass is 622 g/mol. The number of hydrogen-bond donors (Lipinski definition) is 1. The smallest absolute Gasteiger partial charge is 0.245 e. The highest BCUT2D eigenvalue weighted by molar-refractivity contribution is 6.31. The lowest BCUT2D eigenvalue weighted by molar-refractivity contribution is -0.146. The normalized spacial score (nSPS) is 22.3. The molecule has 2 aliphatic heterocycles. The van der Waals surface area contributed by atoms with Crippen molar-refractivity contribution in [2.45, 2.75) is 64.6 Å². The van der Waals surface area contributed by atoms with Gasteiger partial charge in [-0.25, -0.2) is 8.78 Å². The maximum absolute atomic E-state index is 14.4. The molecule has 0 aromatic heterocycles. The van der Waals surface area contributed by atoms with E-state index in [1.54, 1.807) is 21.9 Å². The lowest BCUT2D eigenvalue weighted by Crippen LogP contribution is -2.60. The number of nitrogens with zero attached hydrogens (tertiary/aromatic N) is 3. The molecule has 2 fully saturated rings. The minimum atomic E-state index is -0.849. The second-order valence-electron chi connectivity index (χ2n) is 12.3. The number of amides is 3. The van der Waals surface area contributed by atoms with E-state index < -0.39 is 34.5 Å². The first-order chi connectivity index (χ1) is 19.7. The predicted octanol–water partition coefficient (Wildman–Crippen LogP) is 4.89. The van der Waals surface area contributed by atoms with Crippen LogP contribution < -0.4 is 5.32 Å². The first-order valence-electron chi connectivity index (χ1n) is 14.2. The molecule has 1 N–H and O–H groups in total.